The summed E-state index contributed by atoms with van der Waals surface area (Å²) >= 11 is 12.1. The monoisotopic (exact) mass is 450 g/mol. The molecule has 1 aliphatic heterocycles. The van der Waals surface area contributed by atoms with Gasteiger partial charge in [0.05, 0.1) is 31.1 Å². The molecule has 3 N–H and O–H groups in total. The standard InChI is InChI=1S/C15H22Cl2N2O2.C4H6O4/c1-18-5-4-13(11-19-6-8-20-9-7-19)21-15-3-2-12(16)10-14(15)17;5-3(6)1-2-4(7)8/h2-3,10,13,18H,4-9,11H2,1H3;1-2H2,(H,5,6)(H,7,8). The van der Waals surface area contributed by atoms with Crippen LogP contribution in [-0.4, -0.2) is 79.6 Å². The van der Waals surface area contributed by atoms with Crippen molar-refractivity contribution in [3.8, 4) is 5.75 Å². The van der Waals surface area contributed by atoms with Gasteiger partial charge in [-0.25, -0.2) is 0 Å². The SMILES string of the molecule is CNCCC(CN1CCOCC1)Oc1ccc(Cl)cc1Cl.O=C(O)CCC(=O)O. The summed E-state index contributed by atoms with van der Waals surface area (Å²) in [4.78, 5) is 21.6. The molecule has 2 rings (SSSR count). The van der Waals surface area contributed by atoms with E-state index in [2.05, 4.69) is 10.2 Å². The summed E-state index contributed by atoms with van der Waals surface area (Å²) in [5, 5.41) is 20.1. The number of hydrogen-bond acceptors (Lipinski definition) is 6. The molecule has 0 radical (unpaired) electrons. The minimum absolute atomic E-state index is 0.0919. The lowest BCUT2D eigenvalue weighted by molar-refractivity contribution is -0.143. The van der Waals surface area contributed by atoms with Gasteiger partial charge in [-0.1, -0.05) is 23.2 Å². The number of rotatable bonds is 10. The van der Waals surface area contributed by atoms with Gasteiger partial charge in [-0.15, -0.1) is 0 Å². The van der Waals surface area contributed by atoms with E-state index in [1.165, 1.54) is 0 Å². The number of carbonyl (C=O) groups is 2. The van der Waals surface area contributed by atoms with Crippen molar-refractivity contribution in [2.75, 3.05) is 46.4 Å². The fourth-order valence-corrected chi connectivity index (χ4v) is 2.98. The molecule has 1 saturated heterocycles. The van der Waals surface area contributed by atoms with E-state index < -0.39 is 11.9 Å². The fraction of sp³-hybridized carbons (Fsp3) is 0.579. The van der Waals surface area contributed by atoms with Crippen molar-refractivity contribution < 1.29 is 29.3 Å². The zero-order valence-corrected chi connectivity index (χ0v) is 17.9. The maximum absolute atomic E-state index is 9.64. The first kappa shape index (κ1) is 25.5. The third-order valence-corrected chi connectivity index (χ3v) is 4.55. The molecule has 0 saturated carbocycles. The van der Waals surface area contributed by atoms with E-state index in [-0.39, 0.29) is 18.9 Å². The van der Waals surface area contributed by atoms with Crippen molar-refractivity contribution in [1.29, 1.82) is 0 Å². The molecule has 8 nitrogen and oxygen atoms in total. The number of morpholine rings is 1. The molecular weight excluding hydrogens is 423 g/mol. The van der Waals surface area contributed by atoms with E-state index in [0.717, 1.165) is 45.8 Å². The van der Waals surface area contributed by atoms with E-state index in [1.807, 2.05) is 13.1 Å². The van der Waals surface area contributed by atoms with Gasteiger partial charge in [-0.3, -0.25) is 14.5 Å². The van der Waals surface area contributed by atoms with Crippen LogP contribution >= 0.6 is 23.2 Å². The molecule has 1 unspecified atom stereocenters. The second kappa shape index (κ2) is 14.4. The average Bonchev–Trinajstić information content (AvgIpc) is 2.68. The number of carboxylic acids is 2. The Kier molecular flexibility index (Phi) is 12.6. The smallest absolute Gasteiger partial charge is 0.303 e. The van der Waals surface area contributed by atoms with Crippen LogP contribution in [0.2, 0.25) is 10.0 Å². The van der Waals surface area contributed by atoms with Crippen molar-refractivity contribution in [2.45, 2.75) is 25.4 Å². The average molecular weight is 451 g/mol. The van der Waals surface area contributed by atoms with E-state index in [0.29, 0.717) is 15.8 Å². The first-order valence-corrected chi connectivity index (χ1v) is 10.1. The highest BCUT2D eigenvalue weighted by Crippen LogP contribution is 2.28. The molecule has 0 aromatic heterocycles. The number of benzene rings is 1. The lowest BCUT2D eigenvalue weighted by Gasteiger charge is -2.31. The third-order valence-electron chi connectivity index (χ3n) is 4.02. The number of ether oxygens (including phenoxy) is 2. The molecule has 0 aliphatic carbocycles. The Labute approximate surface area is 180 Å². The Morgan fingerprint density at radius 2 is 1.83 bits per heavy atom. The van der Waals surface area contributed by atoms with Gasteiger partial charge < -0.3 is 25.0 Å². The van der Waals surface area contributed by atoms with Crippen LogP contribution in [0.3, 0.4) is 0 Å². The van der Waals surface area contributed by atoms with Crippen molar-refractivity contribution in [2.24, 2.45) is 0 Å². The minimum atomic E-state index is -1.08. The fourth-order valence-electron chi connectivity index (χ4n) is 2.53. The lowest BCUT2D eigenvalue weighted by atomic mass is 10.2. The molecule has 1 aliphatic rings. The molecular formula is C19H28Cl2N2O6. The van der Waals surface area contributed by atoms with Crippen molar-refractivity contribution in [3.63, 3.8) is 0 Å². The Bertz CT molecular complexity index is 627. The number of hydrogen-bond donors (Lipinski definition) is 3. The first-order valence-electron chi connectivity index (χ1n) is 9.31. The Balaban J connectivity index is 0.000000447. The molecule has 0 bridgehead atoms. The minimum Gasteiger partial charge on any atom is -0.487 e. The zero-order valence-electron chi connectivity index (χ0n) is 16.4. The van der Waals surface area contributed by atoms with Gasteiger partial charge in [0.25, 0.3) is 0 Å². The summed E-state index contributed by atoms with van der Waals surface area (Å²) in [5.41, 5.74) is 0. The van der Waals surface area contributed by atoms with Crippen molar-refractivity contribution in [1.82, 2.24) is 10.2 Å². The zero-order chi connectivity index (χ0) is 21.6. The van der Waals surface area contributed by atoms with Crippen LogP contribution in [-0.2, 0) is 14.3 Å². The predicted octanol–water partition coefficient (Wildman–Crippen LogP) is 2.62. The molecule has 1 atom stereocenters. The highest BCUT2D eigenvalue weighted by Gasteiger charge is 2.19. The molecule has 10 heteroatoms. The highest BCUT2D eigenvalue weighted by atomic mass is 35.5. The summed E-state index contributed by atoms with van der Waals surface area (Å²) in [6, 6.07) is 5.34. The second-order valence-corrected chi connectivity index (χ2v) is 7.25. The van der Waals surface area contributed by atoms with E-state index in [4.69, 9.17) is 42.9 Å². The molecule has 164 valence electrons. The molecule has 1 aromatic rings. The number of carboxylic acid groups (broad SMARTS) is 2. The van der Waals surface area contributed by atoms with Crippen LogP contribution in [0.15, 0.2) is 18.2 Å². The van der Waals surface area contributed by atoms with Crippen LogP contribution in [0, 0.1) is 0 Å². The molecule has 29 heavy (non-hydrogen) atoms. The Morgan fingerprint density at radius 1 is 1.21 bits per heavy atom. The first-order chi connectivity index (χ1) is 13.8. The maximum atomic E-state index is 9.64. The number of nitrogens with one attached hydrogen (secondary N) is 1. The van der Waals surface area contributed by atoms with Gasteiger partial charge >= 0.3 is 11.9 Å². The van der Waals surface area contributed by atoms with Gasteiger partial charge in [0, 0.05) is 24.7 Å². The van der Waals surface area contributed by atoms with E-state index in [1.54, 1.807) is 12.1 Å². The predicted molar refractivity (Wildman–Crippen MR) is 111 cm³/mol. The van der Waals surface area contributed by atoms with E-state index >= 15 is 0 Å². The summed E-state index contributed by atoms with van der Waals surface area (Å²) in [5.74, 6) is -1.46. The molecule has 1 aromatic carbocycles. The molecule has 1 heterocycles. The van der Waals surface area contributed by atoms with Crippen LogP contribution < -0.4 is 10.1 Å². The van der Waals surface area contributed by atoms with Crippen LogP contribution in [0.4, 0.5) is 0 Å². The highest BCUT2D eigenvalue weighted by molar-refractivity contribution is 6.35. The normalized spacial score (nSPS) is 15.1. The van der Waals surface area contributed by atoms with Gasteiger partial charge in [-0.05, 0) is 38.2 Å². The molecule has 1 fully saturated rings. The molecule has 0 spiro atoms. The van der Waals surface area contributed by atoms with Crippen LogP contribution in [0.5, 0.6) is 5.75 Å². The van der Waals surface area contributed by atoms with Crippen LogP contribution in [0.25, 0.3) is 0 Å². The third kappa shape index (κ3) is 11.9. The summed E-state index contributed by atoms with van der Waals surface area (Å²) < 4.78 is 11.5. The Morgan fingerprint density at radius 3 is 2.34 bits per heavy atom. The quantitative estimate of drug-likeness (QED) is 0.498. The van der Waals surface area contributed by atoms with Gasteiger partial charge in [0.1, 0.15) is 11.9 Å². The molecule has 0 amide bonds. The number of nitrogens with zero attached hydrogens (tertiary/aromatic N) is 1. The van der Waals surface area contributed by atoms with E-state index in [9.17, 15) is 9.59 Å². The second-order valence-electron chi connectivity index (χ2n) is 6.41. The number of aliphatic carboxylic acids is 2. The van der Waals surface area contributed by atoms with Crippen molar-refractivity contribution >= 4 is 35.1 Å². The van der Waals surface area contributed by atoms with Crippen molar-refractivity contribution in [3.05, 3.63) is 28.2 Å². The maximum Gasteiger partial charge on any atom is 0.303 e. The summed E-state index contributed by atoms with van der Waals surface area (Å²) in [7, 11) is 1.95. The largest absolute Gasteiger partial charge is 0.487 e. The van der Waals surface area contributed by atoms with Crippen LogP contribution in [0.1, 0.15) is 19.3 Å². The Hall–Kier alpha value is -1.58. The number of halogens is 2. The summed E-state index contributed by atoms with van der Waals surface area (Å²) in [6.07, 6.45) is 0.423. The lowest BCUT2D eigenvalue weighted by Crippen LogP contribution is -2.43. The summed E-state index contributed by atoms with van der Waals surface area (Å²) in [6.45, 7) is 5.27. The topological polar surface area (TPSA) is 108 Å². The van der Waals surface area contributed by atoms with Gasteiger partial charge in [-0.2, -0.15) is 0 Å². The van der Waals surface area contributed by atoms with Gasteiger partial charge in [0.2, 0.25) is 0 Å². The van der Waals surface area contributed by atoms with Gasteiger partial charge in [0.15, 0.2) is 0 Å².